The normalized spacial score (nSPS) is 11.4. The summed E-state index contributed by atoms with van der Waals surface area (Å²) in [5.74, 6) is -2.98. The Kier molecular flexibility index (Phi) is 10.8. The van der Waals surface area contributed by atoms with Crippen molar-refractivity contribution in [3.8, 4) is 0 Å². The molecule has 0 aliphatic carbocycles. The van der Waals surface area contributed by atoms with Crippen LogP contribution < -0.4 is 0 Å². The van der Waals surface area contributed by atoms with Crippen LogP contribution in [0.4, 0.5) is 0 Å². The summed E-state index contributed by atoms with van der Waals surface area (Å²) in [6.45, 7) is 9.87. The average Bonchev–Trinajstić information content (AvgIpc) is 2.52. The number of ether oxygens (including phenoxy) is 3. The van der Waals surface area contributed by atoms with Gasteiger partial charge in [0.2, 0.25) is 0 Å². The van der Waals surface area contributed by atoms with Gasteiger partial charge in [0.15, 0.2) is 0 Å². The third kappa shape index (κ3) is 7.81. The quantitative estimate of drug-likeness (QED) is 0.331. The van der Waals surface area contributed by atoms with Crippen LogP contribution in [0.2, 0.25) is 0 Å². The van der Waals surface area contributed by atoms with E-state index >= 15 is 0 Å². The Morgan fingerprint density at radius 1 is 0.864 bits per heavy atom. The van der Waals surface area contributed by atoms with Gasteiger partial charge in [0.25, 0.3) is 0 Å². The van der Waals surface area contributed by atoms with Gasteiger partial charge in [-0.25, -0.2) is 4.79 Å². The van der Waals surface area contributed by atoms with Crippen LogP contribution in [0.3, 0.4) is 0 Å². The van der Waals surface area contributed by atoms with Gasteiger partial charge in [-0.15, -0.1) is 0 Å². The molecule has 6 heteroatoms. The minimum absolute atomic E-state index is 0.0806. The van der Waals surface area contributed by atoms with Crippen LogP contribution in [0, 0.1) is 5.92 Å². The summed E-state index contributed by atoms with van der Waals surface area (Å²) >= 11 is 0. The summed E-state index contributed by atoms with van der Waals surface area (Å²) in [5.41, 5.74) is -0.0806. The van der Waals surface area contributed by atoms with Crippen LogP contribution in [0.5, 0.6) is 0 Å². The molecule has 1 atom stereocenters. The maximum atomic E-state index is 12.0. The number of rotatable bonds is 11. The van der Waals surface area contributed by atoms with E-state index in [1.165, 1.54) is 0 Å². The molecule has 6 nitrogen and oxygen atoms in total. The first-order valence-corrected chi connectivity index (χ1v) is 7.65. The molecule has 0 aliphatic rings. The predicted molar refractivity (Wildman–Crippen MR) is 81.0 cm³/mol. The van der Waals surface area contributed by atoms with Crippen molar-refractivity contribution in [2.24, 2.45) is 5.92 Å². The largest absolute Gasteiger partial charge is 0.466 e. The highest BCUT2D eigenvalue weighted by Crippen LogP contribution is 2.18. The lowest BCUT2D eigenvalue weighted by Gasteiger charge is -2.17. The Bertz CT molecular complexity index is 388. The summed E-state index contributed by atoms with van der Waals surface area (Å²) in [4.78, 5) is 35.6. The molecule has 0 amide bonds. The Balaban J connectivity index is 4.83. The maximum absolute atomic E-state index is 12.0. The van der Waals surface area contributed by atoms with Gasteiger partial charge in [-0.2, -0.15) is 0 Å². The van der Waals surface area contributed by atoms with Gasteiger partial charge in [-0.3, -0.25) is 9.59 Å². The summed E-state index contributed by atoms with van der Waals surface area (Å²) in [6.07, 6.45) is 1.70. The van der Waals surface area contributed by atoms with Gasteiger partial charge in [0.05, 0.1) is 32.2 Å². The molecule has 126 valence electrons. The molecule has 0 aromatic rings. The van der Waals surface area contributed by atoms with E-state index in [9.17, 15) is 14.4 Å². The van der Waals surface area contributed by atoms with Crippen LogP contribution >= 0.6 is 0 Å². The molecule has 0 aromatic carbocycles. The van der Waals surface area contributed by atoms with Gasteiger partial charge >= 0.3 is 17.9 Å². The summed E-state index contributed by atoms with van der Waals surface area (Å²) in [5, 5.41) is 0. The monoisotopic (exact) mass is 314 g/mol. The van der Waals surface area contributed by atoms with Gasteiger partial charge in [-0.05, 0) is 19.3 Å². The van der Waals surface area contributed by atoms with Crippen LogP contribution in [0.15, 0.2) is 12.2 Å². The van der Waals surface area contributed by atoms with Gasteiger partial charge in [-0.1, -0.05) is 27.4 Å². The third-order valence-corrected chi connectivity index (χ3v) is 2.69. The lowest BCUT2D eigenvalue weighted by molar-refractivity contribution is -0.155. The van der Waals surface area contributed by atoms with Crippen molar-refractivity contribution in [1.82, 2.24) is 0 Å². The highest BCUT2D eigenvalue weighted by atomic mass is 16.5. The van der Waals surface area contributed by atoms with Gasteiger partial charge in [0.1, 0.15) is 0 Å². The fraction of sp³-hybridized carbons (Fsp3) is 0.688. The lowest BCUT2D eigenvalue weighted by atomic mass is 9.97. The highest BCUT2D eigenvalue weighted by Gasteiger charge is 2.31. The van der Waals surface area contributed by atoms with Crippen LogP contribution in [-0.2, 0) is 28.6 Å². The number of hydrogen-bond acceptors (Lipinski definition) is 6. The molecule has 0 saturated carbocycles. The summed E-state index contributed by atoms with van der Waals surface area (Å²) < 4.78 is 14.9. The van der Waals surface area contributed by atoms with Gasteiger partial charge in [0, 0.05) is 5.57 Å². The molecule has 0 rings (SSSR count). The Morgan fingerprint density at radius 3 is 1.91 bits per heavy atom. The molecule has 0 radical (unpaired) electrons. The van der Waals surface area contributed by atoms with Crippen molar-refractivity contribution < 1.29 is 28.6 Å². The van der Waals surface area contributed by atoms with E-state index in [1.807, 2.05) is 20.8 Å². The fourth-order valence-corrected chi connectivity index (χ4v) is 1.52. The zero-order chi connectivity index (χ0) is 17.0. The molecule has 0 N–H and O–H groups in total. The minimum atomic E-state index is -1.07. The van der Waals surface area contributed by atoms with Crippen LogP contribution in [0.1, 0.15) is 46.5 Å². The second kappa shape index (κ2) is 11.8. The van der Waals surface area contributed by atoms with E-state index in [4.69, 9.17) is 14.2 Å². The molecule has 0 saturated heterocycles. The molecule has 0 heterocycles. The molecule has 22 heavy (non-hydrogen) atoms. The van der Waals surface area contributed by atoms with Crippen molar-refractivity contribution in [2.45, 2.75) is 46.5 Å². The Hall–Kier alpha value is -1.85. The van der Waals surface area contributed by atoms with Gasteiger partial charge < -0.3 is 14.2 Å². The van der Waals surface area contributed by atoms with E-state index in [-0.39, 0.29) is 31.8 Å². The van der Waals surface area contributed by atoms with E-state index in [1.54, 1.807) is 0 Å². The third-order valence-electron chi connectivity index (χ3n) is 2.69. The van der Waals surface area contributed by atoms with Crippen molar-refractivity contribution in [3.63, 3.8) is 0 Å². The molecule has 0 aromatic heterocycles. The van der Waals surface area contributed by atoms with Crippen LogP contribution in [0.25, 0.3) is 0 Å². The second-order valence-electron chi connectivity index (χ2n) is 4.81. The molecular weight excluding hydrogens is 288 g/mol. The molecule has 0 spiro atoms. The smallest absolute Gasteiger partial charge is 0.334 e. The second-order valence-corrected chi connectivity index (χ2v) is 4.81. The number of esters is 3. The number of carbonyl (C=O) groups is 3. The molecule has 0 aliphatic heterocycles. The first kappa shape index (κ1) is 20.1. The SMILES string of the molecule is C=C(C(=O)OCCC)C(CC(=O)OCCC)C(=O)OCCC. The van der Waals surface area contributed by atoms with E-state index < -0.39 is 23.8 Å². The summed E-state index contributed by atoms with van der Waals surface area (Å²) in [7, 11) is 0. The molecular formula is C16H26O6. The van der Waals surface area contributed by atoms with Crippen molar-refractivity contribution in [1.29, 1.82) is 0 Å². The Morgan fingerprint density at radius 2 is 1.36 bits per heavy atom. The zero-order valence-electron chi connectivity index (χ0n) is 13.7. The first-order valence-electron chi connectivity index (χ1n) is 7.65. The minimum Gasteiger partial charge on any atom is -0.466 e. The van der Waals surface area contributed by atoms with Crippen LogP contribution in [-0.4, -0.2) is 37.7 Å². The summed E-state index contributed by atoms with van der Waals surface area (Å²) in [6, 6.07) is 0. The molecule has 1 unspecified atom stereocenters. The lowest BCUT2D eigenvalue weighted by Crippen LogP contribution is -2.28. The first-order chi connectivity index (χ1) is 10.5. The van der Waals surface area contributed by atoms with E-state index in [0.717, 1.165) is 0 Å². The van der Waals surface area contributed by atoms with E-state index in [2.05, 4.69) is 6.58 Å². The number of carbonyl (C=O) groups excluding carboxylic acids is 3. The van der Waals surface area contributed by atoms with Crippen molar-refractivity contribution in [3.05, 3.63) is 12.2 Å². The van der Waals surface area contributed by atoms with Crippen molar-refractivity contribution in [2.75, 3.05) is 19.8 Å². The molecule has 0 bridgehead atoms. The standard InChI is InChI=1S/C16H26O6/c1-5-8-20-14(17)11-13(16(19)22-10-7-3)12(4)15(18)21-9-6-2/h13H,4-11H2,1-3H3. The number of hydrogen-bond donors (Lipinski definition) is 0. The molecule has 0 fully saturated rings. The zero-order valence-corrected chi connectivity index (χ0v) is 13.7. The highest BCUT2D eigenvalue weighted by molar-refractivity contribution is 5.96. The topological polar surface area (TPSA) is 78.9 Å². The average molecular weight is 314 g/mol. The maximum Gasteiger partial charge on any atom is 0.334 e. The van der Waals surface area contributed by atoms with E-state index in [0.29, 0.717) is 19.3 Å². The predicted octanol–water partition coefficient (Wildman–Crippen LogP) is 2.41. The van der Waals surface area contributed by atoms with Crippen molar-refractivity contribution >= 4 is 17.9 Å². The Labute approximate surface area is 131 Å². The fourth-order valence-electron chi connectivity index (χ4n) is 1.52.